The van der Waals surface area contributed by atoms with E-state index in [1.54, 1.807) is 0 Å². The lowest BCUT2D eigenvalue weighted by Gasteiger charge is -2.19. The minimum absolute atomic E-state index is 0.600. The van der Waals surface area contributed by atoms with Crippen LogP contribution in [0.2, 0.25) is 0 Å². The molecule has 1 N–H and O–H groups in total. The van der Waals surface area contributed by atoms with Gasteiger partial charge in [0.1, 0.15) is 0 Å². The Morgan fingerprint density at radius 1 is 1.35 bits per heavy atom. The number of hydrogen-bond donors (Lipinski definition) is 1. The molecule has 1 aromatic carbocycles. The van der Waals surface area contributed by atoms with Gasteiger partial charge in [0.2, 0.25) is 0 Å². The fourth-order valence-corrected chi connectivity index (χ4v) is 2.41. The molecular formula is C14H23N3. The number of para-hydroxylation sites is 1. The Morgan fingerprint density at radius 3 is 2.76 bits per heavy atom. The quantitative estimate of drug-likeness (QED) is 0.856. The molecule has 1 heterocycles. The van der Waals surface area contributed by atoms with Crippen LogP contribution in [0.3, 0.4) is 0 Å². The Bertz CT molecular complexity index is 362. The Balaban J connectivity index is 2.04. The van der Waals surface area contributed by atoms with Gasteiger partial charge in [0.25, 0.3) is 0 Å². The normalized spacial score (nSPS) is 21.1. The molecule has 1 aromatic rings. The molecule has 1 aliphatic rings. The second-order valence-electron chi connectivity index (χ2n) is 5.29. The highest BCUT2D eigenvalue weighted by Crippen LogP contribution is 2.20. The van der Waals surface area contributed by atoms with Gasteiger partial charge in [-0.1, -0.05) is 18.2 Å². The Kier molecular flexibility index (Phi) is 4.02. The molecule has 1 aliphatic heterocycles. The second kappa shape index (κ2) is 5.52. The number of nitrogens with zero attached hydrogens (tertiary/aromatic N) is 2. The summed E-state index contributed by atoms with van der Waals surface area (Å²) in [7, 11) is 6.41. The SMILES string of the molecule is CN(C)Cc1ccccc1NC1CCN(C)C1. The molecule has 0 amide bonds. The van der Waals surface area contributed by atoms with Gasteiger partial charge in [-0.2, -0.15) is 0 Å². The first-order valence-corrected chi connectivity index (χ1v) is 6.33. The highest BCUT2D eigenvalue weighted by Gasteiger charge is 2.19. The van der Waals surface area contributed by atoms with Crippen molar-refractivity contribution in [2.45, 2.75) is 19.0 Å². The van der Waals surface area contributed by atoms with E-state index in [0.29, 0.717) is 6.04 Å². The van der Waals surface area contributed by atoms with Crippen molar-refractivity contribution in [2.24, 2.45) is 0 Å². The predicted molar refractivity (Wildman–Crippen MR) is 73.4 cm³/mol. The summed E-state index contributed by atoms with van der Waals surface area (Å²) in [6, 6.07) is 9.23. The van der Waals surface area contributed by atoms with Crippen LogP contribution in [0.25, 0.3) is 0 Å². The summed E-state index contributed by atoms with van der Waals surface area (Å²) in [6.45, 7) is 3.34. The summed E-state index contributed by atoms with van der Waals surface area (Å²) in [5.74, 6) is 0. The number of anilines is 1. The number of hydrogen-bond acceptors (Lipinski definition) is 3. The van der Waals surface area contributed by atoms with Crippen molar-refractivity contribution in [1.82, 2.24) is 9.80 Å². The van der Waals surface area contributed by atoms with E-state index in [-0.39, 0.29) is 0 Å². The third kappa shape index (κ3) is 3.45. The van der Waals surface area contributed by atoms with Crippen molar-refractivity contribution in [3.05, 3.63) is 29.8 Å². The lowest BCUT2D eigenvalue weighted by atomic mass is 10.1. The number of rotatable bonds is 4. The van der Waals surface area contributed by atoms with Gasteiger partial charge in [0.15, 0.2) is 0 Å². The van der Waals surface area contributed by atoms with E-state index in [4.69, 9.17) is 0 Å². The monoisotopic (exact) mass is 233 g/mol. The Labute approximate surface area is 104 Å². The van der Waals surface area contributed by atoms with Crippen molar-refractivity contribution in [1.29, 1.82) is 0 Å². The van der Waals surface area contributed by atoms with E-state index in [1.807, 2.05) is 0 Å². The van der Waals surface area contributed by atoms with E-state index in [9.17, 15) is 0 Å². The topological polar surface area (TPSA) is 18.5 Å². The molecule has 1 fully saturated rings. The van der Waals surface area contributed by atoms with Crippen molar-refractivity contribution < 1.29 is 0 Å². The van der Waals surface area contributed by atoms with Crippen LogP contribution >= 0.6 is 0 Å². The molecule has 3 nitrogen and oxygen atoms in total. The van der Waals surface area contributed by atoms with Crippen LogP contribution in [-0.4, -0.2) is 50.1 Å². The largest absolute Gasteiger partial charge is 0.381 e. The number of benzene rings is 1. The molecule has 94 valence electrons. The maximum atomic E-state index is 3.68. The fraction of sp³-hybridized carbons (Fsp3) is 0.571. The van der Waals surface area contributed by atoms with Crippen LogP contribution < -0.4 is 5.32 Å². The second-order valence-corrected chi connectivity index (χ2v) is 5.29. The molecular weight excluding hydrogens is 210 g/mol. The predicted octanol–water partition coefficient (Wildman–Crippen LogP) is 1.86. The third-order valence-corrected chi connectivity index (χ3v) is 3.25. The van der Waals surface area contributed by atoms with Gasteiger partial charge in [-0.25, -0.2) is 0 Å². The average molecular weight is 233 g/mol. The minimum atomic E-state index is 0.600. The number of nitrogens with one attached hydrogen (secondary N) is 1. The van der Waals surface area contributed by atoms with Crippen LogP contribution in [0.5, 0.6) is 0 Å². The summed E-state index contributed by atoms with van der Waals surface area (Å²) < 4.78 is 0. The maximum absolute atomic E-state index is 3.68. The smallest absolute Gasteiger partial charge is 0.0400 e. The lowest BCUT2D eigenvalue weighted by Crippen LogP contribution is -2.24. The lowest BCUT2D eigenvalue weighted by molar-refractivity contribution is 0.402. The zero-order valence-corrected chi connectivity index (χ0v) is 11.1. The van der Waals surface area contributed by atoms with Crippen molar-refractivity contribution in [3.8, 4) is 0 Å². The molecule has 2 rings (SSSR count). The zero-order valence-electron chi connectivity index (χ0n) is 11.1. The van der Waals surface area contributed by atoms with Crippen molar-refractivity contribution >= 4 is 5.69 Å². The molecule has 17 heavy (non-hydrogen) atoms. The standard InChI is InChI=1S/C14H23N3/c1-16(2)10-12-6-4-5-7-14(12)15-13-8-9-17(3)11-13/h4-7,13,15H,8-11H2,1-3H3. The summed E-state index contributed by atoms with van der Waals surface area (Å²) in [5.41, 5.74) is 2.67. The van der Waals surface area contributed by atoms with Crippen LogP contribution in [0.1, 0.15) is 12.0 Å². The van der Waals surface area contributed by atoms with Gasteiger partial charge >= 0.3 is 0 Å². The van der Waals surface area contributed by atoms with Crippen LogP contribution in [0.4, 0.5) is 5.69 Å². The van der Waals surface area contributed by atoms with Gasteiger partial charge < -0.3 is 15.1 Å². The molecule has 3 heteroatoms. The summed E-state index contributed by atoms with van der Waals surface area (Å²) >= 11 is 0. The summed E-state index contributed by atoms with van der Waals surface area (Å²) in [4.78, 5) is 4.59. The fourth-order valence-electron chi connectivity index (χ4n) is 2.41. The minimum Gasteiger partial charge on any atom is -0.381 e. The summed E-state index contributed by atoms with van der Waals surface area (Å²) in [6.07, 6.45) is 1.24. The van der Waals surface area contributed by atoms with Gasteiger partial charge in [0, 0.05) is 24.8 Å². The molecule has 1 unspecified atom stereocenters. The van der Waals surface area contributed by atoms with E-state index in [0.717, 1.165) is 13.1 Å². The summed E-state index contributed by atoms with van der Waals surface area (Å²) in [5, 5.41) is 3.68. The molecule has 0 spiro atoms. The van der Waals surface area contributed by atoms with Gasteiger partial charge in [-0.3, -0.25) is 0 Å². The molecule has 0 aliphatic carbocycles. The van der Waals surface area contributed by atoms with E-state index >= 15 is 0 Å². The maximum Gasteiger partial charge on any atom is 0.0400 e. The van der Waals surface area contributed by atoms with Gasteiger partial charge in [-0.15, -0.1) is 0 Å². The van der Waals surface area contributed by atoms with E-state index in [1.165, 1.54) is 24.2 Å². The first-order valence-electron chi connectivity index (χ1n) is 6.33. The molecule has 0 bridgehead atoms. The Hall–Kier alpha value is -1.06. The molecule has 1 atom stereocenters. The third-order valence-electron chi connectivity index (χ3n) is 3.25. The molecule has 1 saturated heterocycles. The molecule has 0 radical (unpaired) electrons. The first-order chi connectivity index (χ1) is 8.15. The molecule has 0 aromatic heterocycles. The number of likely N-dealkylation sites (tertiary alicyclic amines) is 1. The van der Waals surface area contributed by atoms with Crippen LogP contribution in [0, 0.1) is 0 Å². The zero-order chi connectivity index (χ0) is 12.3. The first kappa shape index (κ1) is 12.4. The van der Waals surface area contributed by atoms with Gasteiger partial charge in [0.05, 0.1) is 0 Å². The van der Waals surface area contributed by atoms with E-state index in [2.05, 4.69) is 60.5 Å². The van der Waals surface area contributed by atoms with Crippen LogP contribution in [-0.2, 0) is 6.54 Å². The number of likely N-dealkylation sites (N-methyl/N-ethyl adjacent to an activating group) is 1. The molecule has 0 saturated carbocycles. The highest BCUT2D eigenvalue weighted by molar-refractivity contribution is 5.52. The van der Waals surface area contributed by atoms with Crippen molar-refractivity contribution in [3.63, 3.8) is 0 Å². The van der Waals surface area contributed by atoms with Gasteiger partial charge in [-0.05, 0) is 45.7 Å². The Morgan fingerprint density at radius 2 is 2.12 bits per heavy atom. The van der Waals surface area contributed by atoms with Crippen molar-refractivity contribution in [2.75, 3.05) is 39.5 Å². The van der Waals surface area contributed by atoms with Crippen LogP contribution in [0.15, 0.2) is 24.3 Å². The highest BCUT2D eigenvalue weighted by atomic mass is 15.2. The van der Waals surface area contributed by atoms with E-state index < -0.39 is 0 Å². The average Bonchev–Trinajstić information content (AvgIpc) is 2.66.